The van der Waals surface area contributed by atoms with Crippen LogP contribution in [0.2, 0.25) is 0 Å². The van der Waals surface area contributed by atoms with E-state index in [1.807, 2.05) is 42.5 Å². The molecule has 6 rings (SSSR count). The van der Waals surface area contributed by atoms with Crippen LogP contribution in [0.4, 0.5) is 16.4 Å². The Bertz CT molecular complexity index is 1610. The molecule has 1 N–H and O–H groups in total. The van der Waals surface area contributed by atoms with E-state index in [0.717, 1.165) is 11.1 Å². The number of nitrogens with zero attached hydrogens (tertiary/aromatic N) is 7. The van der Waals surface area contributed by atoms with Gasteiger partial charge in [-0.15, -0.1) is 0 Å². The second-order valence-electron chi connectivity index (χ2n) is 10.2. The van der Waals surface area contributed by atoms with E-state index in [1.165, 1.54) is 23.1 Å². The van der Waals surface area contributed by atoms with Crippen molar-refractivity contribution >= 4 is 29.5 Å². The number of piperidine rings is 1. The van der Waals surface area contributed by atoms with Crippen molar-refractivity contribution in [3.8, 4) is 17.0 Å². The van der Waals surface area contributed by atoms with Gasteiger partial charge in [0.25, 0.3) is 5.91 Å². The minimum Gasteiger partial charge on any atom is -0.481 e. The molecule has 2 saturated heterocycles. The maximum Gasteiger partial charge on any atom is 0.339 e. The normalized spacial score (nSPS) is 16.8. The molecule has 2 aromatic carbocycles. The molecule has 3 amide bonds. The lowest BCUT2D eigenvalue weighted by Gasteiger charge is -2.41. The molecule has 0 unspecified atom stereocenters. The highest BCUT2D eigenvalue weighted by Gasteiger charge is 2.60. The molecule has 2 aliphatic rings. The minimum absolute atomic E-state index is 0.0987. The van der Waals surface area contributed by atoms with Crippen LogP contribution in [0, 0.1) is 0 Å². The van der Waals surface area contributed by atoms with Gasteiger partial charge in [-0.25, -0.2) is 24.6 Å². The average Bonchev–Trinajstić information content (AvgIpc) is 3.52. The number of likely N-dealkylation sites (tertiary alicyclic amines) is 1. The van der Waals surface area contributed by atoms with Crippen LogP contribution in [0.1, 0.15) is 18.7 Å². The molecule has 0 saturated carbocycles. The molecule has 214 valence electrons. The molecule has 0 radical (unpaired) electrons. The first-order valence-corrected chi connectivity index (χ1v) is 13.5. The standard InChI is InChI=1S/C30H29N7O5/c1-42-25-11-14-32-28(33-25)37-29(41)36(23-9-7-22(8-10-23)21-5-3-2-4-6-21)27(40)30(37)12-16-34(17-13-30)19-24-31-15-18-35(24)20-26(38)39/h2-11,14-15,18H,12-13,16-17,19-20H2,1H3,(H,38,39). The largest absolute Gasteiger partial charge is 0.481 e. The number of carboxylic acid groups (broad SMARTS) is 1. The first kappa shape index (κ1) is 27.1. The predicted molar refractivity (Wildman–Crippen MR) is 153 cm³/mol. The molecule has 4 heterocycles. The van der Waals surface area contributed by atoms with Crippen molar-refractivity contribution in [3.63, 3.8) is 0 Å². The third kappa shape index (κ3) is 4.85. The van der Waals surface area contributed by atoms with Gasteiger partial charge >= 0.3 is 12.0 Å². The van der Waals surface area contributed by atoms with Crippen molar-refractivity contribution in [2.45, 2.75) is 31.5 Å². The van der Waals surface area contributed by atoms with Crippen LogP contribution in [0.5, 0.6) is 5.88 Å². The molecular formula is C30H29N7O5. The first-order valence-electron chi connectivity index (χ1n) is 13.5. The highest BCUT2D eigenvalue weighted by atomic mass is 16.5. The summed E-state index contributed by atoms with van der Waals surface area (Å²) < 4.78 is 6.88. The van der Waals surface area contributed by atoms with Gasteiger partial charge in [0, 0.05) is 37.7 Å². The van der Waals surface area contributed by atoms with Crippen LogP contribution in [0.15, 0.2) is 79.3 Å². The van der Waals surface area contributed by atoms with Crippen LogP contribution in [0.3, 0.4) is 0 Å². The highest BCUT2D eigenvalue weighted by molar-refractivity contribution is 6.30. The summed E-state index contributed by atoms with van der Waals surface area (Å²) in [6.45, 7) is 1.18. The van der Waals surface area contributed by atoms with Gasteiger partial charge in [-0.05, 0) is 36.1 Å². The zero-order valence-corrected chi connectivity index (χ0v) is 23.0. The smallest absolute Gasteiger partial charge is 0.339 e. The number of carbonyl (C=O) groups excluding carboxylic acids is 2. The molecule has 0 atom stereocenters. The van der Waals surface area contributed by atoms with Gasteiger partial charge < -0.3 is 14.4 Å². The van der Waals surface area contributed by atoms with E-state index in [0.29, 0.717) is 44.0 Å². The van der Waals surface area contributed by atoms with Crippen molar-refractivity contribution in [3.05, 3.63) is 85.1 Å². The van der Waals surface area contributed by atoms with Crippen molar-refractivity contribution in [1.29, 1.82) is 0 Å². The topological polar surface area (TPSA) is 134 Å². The summed E-state index contributed by atoms with van der Waals surface area (Å²) in [6, 6.07) is 18.3. The van der Waals surface area contributed by atoms with Crippen LogP contribution >= 0.6 is 0 Å². The number of carboxylic acids is 1. The summed E-state index contributed by atoms with van der Waals surface area (Å²) in [7, 11) is 1.48. The molecule has 2 aromatic heterocycles. The quantitative estimate of drug-likeness (QED) is 0.318. The fourth-order valence-electron chi connectivity index (χ4n) is 5.67. The van der Waals surface area contributed by atoms with E-state index in [1.54, 1.807) is 35.2 Å². The number of imidazole rings is 1. The van der Waals surface area contributed by atoms with E-state index in [2.05, 4.69) is 19.9 Å². The number of aliphatic carboxylic acids is 1. The van der Waals surface area contributed by atoms with Crippen molar-refractivity contribution in [2.75, 3.05) is 30.0 Å². The number of methoxy groups -OCH3 is 1. The molecule has 2 aliphatic heterocycles. The maximum absolute atomic E-state index is 14.3. The molecular weight excluding hydrogens is 538 g/mol. The number of aromatic nitrogens is 4. The number of urea groups is 1. The average molecular weight is 568 g/mol. The molecule has 4 aromatic rings. The number of carbonyl (C=O) groups is 3. The lowest BCUT2D eigenvalue weighted by atomic mass is 9.86. The summed E-state index contributed by atoms with van der Waals surface area (Å²) in [5, 5.41) is 9.21. The number of amides is 3. The summed E-state index contributed by atoms with van der Waals surface area (Å²) in [5.74, 6) is -0.285. The number of hydrogen-bond donors (Lipinski definition) is 1. The maximum atomic E-state index is 14.3. The molecule has 0 aliphatic carbocycles. The third-order valence-corrected chi connectivity index (χ3v) is 7.83. The summed E-state index contributed by atoms with van der Waals surface area (Å²) in [4.78, 5) is 57.4. The summed E-state index contributed by atoms with van der Waals surface area (Å²) in [5.41, 5.74) is 1.26. The first-order chi connectivity index (χ1) is 20.4. The number of rotatable bonds is 8. The van der Waals surface area contributed by atoms with Gasteiger partial charge in [0.2, 0.25) is 11.8 Å². The van der Waals surface area contributed by atoms with E-state index in [-0.39, 0.29) is 24.3 Å². The van der Waals surface area contributed by atoms with Gasteiger partial charge in [-0.1, -0.05) is 42.5 Å². The summed E-state index contributed by atoms with van der Waals surface area (Å²) in [6.07, 6.45) is 5.37. The molecule has 2 fully saturated rings. The van der Waals surface area contributed by atoms with Crippen molar-refractivity contribution in [1.82, 2.24) is 24.4 Å². The third-order valence-electron chi connectivity index (χ3n) is 7.83. The molecule has 0 bridgehead atoms. The van der Waals surface area contributed by atoms with E-state index in [9.17, 15) is 19.5 Å². The number of benzene rings is 2. The van der Waals surface area contributed by atoms with Crippen molar-refractivity contribution in [2.24, 2.45) is 0 Å². The number of imide groups is 1. The Balaban J connectivity index is 1.30. The second-order valence-corrected chi connectivity index (χ2v) is 10.2. The Morgan fingerprint density at radius 2 is 1.67 bits per heavy atom. The number of hydrogen-bond acceptors (Lipinski definition) is 8. The van der Waals surface area contributed by atoms with Crippen LogP contribution in [0.25, 0.3) is 11.1 Å². The fraction of sp³-hybridized carbons (Fsp3) is 0.267. The zero-order chi connectivity index (χ0) is 29.3. The molecule has 12 heteroatoms. The Morgan fingerprint density at radius 1 is 0.952 bits per heavy atom. The lowest BCUT2D eigenvalue weighted by Crippen LogP contribution is -2.57. The van der Waals surface area contributed by atoms with E-state index in [4.69, 9.17) is 4.74 Å². The second kappa shape index (κ2) is 11.1. The molecule has 12 nitrogen and oxygen atoms in total. The Morgan fingerprint density at radius 3 is 2.36 bits per heavy atom. The predicted octanol–water partition coefficient (Wildman–Crippen LogP) is 3.44. The lowest BCUT2D eigenvalue weighted by molar-refractivity contribution is -0.137. The molecule has 1 spiro atoms. The van der Waals surface area contributed by atoms with Gasteiger partial charge in [0.05, 0.1) is 19.3 Å². The van der Waals surface area contributed by atoms with Gasteiger partial charge in [-0.3, -0.25) is 14.5 Å². The van der Waals surface area contributed by atoms with Crippen LogP contribution < -0.4 is 14.5 Å². The minimum atomic E-state index is -1.20. The monoisotopic (exact) mass is 567 g/mol. The van der Waals surface area contributed by atoms with Crippen LogP contribution in [-0.2, 0) is 22.7 Å². The van der Waals surface area contributed by atoms with Gasteiger partial charge in [0.1, 0.15) is 17.9 Å². The fourth-order valence-corrected chi connectivity index (χ4v) is 5.67. The Hall–Kier alpha value is -5.10. The van der Waals surface area contributed by atoms with Gasteiger partial charge in [-0.2, -0.15) is 4.98 Å². The number of ether oxygens (including phenoxy) is 1. The van der Waals surface area contributed by atoms with Crippen LogP contribution in [-0.4, -0.2) is 73.2 Å². The van der Waals surface area contributed by atoms with Crippen molar-refractivity contribution < 1.29 is 24.2 Å². The SMILES string of the molecule is COc1ccnc(N2C(=O)N(c3ccc(-c4ccccc4)cc3)C(=O)C23CCN(Cc2nccn2CC(=O)O)CC3)n1. The summed E-state index contributed by atoms with van der Waals surface area (Å²) >= 11 is 0. The Kier molecular flexibility index (Phi) is 7.13. The number of anilines is 2. The van der Waals surface area contributed by atoms with E-state index >= 15 is 0 Å². The van der Waals surface area contributed by atoms with E-state index < -0.39 is 17.5 Å². The van der Waals surface area contributed by atoms with Gasteiger partial charge in [0.15, 0.2) is 0 Å². The zero-order valence-electron chi connectivity index (χ0n) is 23.0. The Labute approximate surface area is 241 Å². The highest BCUT2D eigenvalue weighted by Crippen LogP contribution is 2.42. The molecule has 42 heavy (non-hydrogen) atoms.